The summed E-state index contributed by atoms with van der Waals surface area (Å²) in [6.07, 6.45) is 6.63. The van der Waals surface area contributed by atoms with Crippen LogP contribution in [0.1, 0.15) is 37.7 Å². The molecule has 1 saturated carbocycles. The lowest BCUT2D eigenvalue weighted by Gasteiger charge is -2.21. The molecule has 1 aromatic carbocycles. The van der Waals surface area contributed by atoms with Gasteiger partial charge in [0.25, 0.3) is 0 Å². The highest BCUT2D eigenvalue weighted by molar-refractivity contribution is 9.10. The zero-order valence-electron chi connectivity index (χ0n) is 9.79. The minimum absolute atomic E-state index is 0.648. The van der Waals surface area contributed by atoms with E-state index in [2.05, 4.69) is 22.0 Å². The molecule has 0 heterocycles. The average Bonchev–Trinajstić information content (AvgIpc) is 2.38. The van der Waals surface area contributed by atoms with Crippen molar-refractivity contribution in [2.24, 2.45) is 5.92 Å². The fraction of sp³-hybridized carbons (Fsp3) is 0.500. The Morgan fingerprint density at radius 3 is 2.71 bits per heavy atom. The van der Waals surface area contributed by atoms with Gasteiger partial charge in [0.15, 0.2) is 0 Å². The summed E-state index contributed by atoms with van der Waals surface area (Å²) in [4.78, 5) is 0. The van der Waals surface area contributed by atoms with Crippen molar-refractivity contribution in [3.63, 3.8) is 0 Å². The Hall–Kier alpha value is -1.01. The minimum Gasteiger partial charge on any atom is -0.493 e. The average molecular weight is 294 g/mol. The number of benzene rings is 1. The third-order valence-corrected chi connectivity index (χ3v) is 3.93. The van der Waals surface area contributed by atoms with Crippen molar-refractivity contribution in [2.75, 3.05) is 6.61 Å². The molecule has 0 N–H and O–H groups in total. The lowest BCUT2D eigenvalue weighted by atomic mass is 9.90. The van der Waals surface area contributed by atoms with Crippen molar-refractivity contribution in [3.8, 4) is 11.8 Å². The van der Waals surface area contributed by atoms with Crippen molar-refractivity contribution in [2.45, 2.75) is 32.1 Å². The summed E-state index contributed by atoms with van der Waals surface area (Å²) in [5.74, 6) is 1.56. The van der Waals surface area contributed by atoms with Crippen LogP contribution in [-0.4, -0.2) is 6.61 Å². The highest BCUT2D eigenvalue weighted by Crippen LogP contribution is 2.26. The fourth-order valence-corrected chi connectivity index (χ4v) is 2.69. The Bertz CT molecular complexity index is 419. The normalized spacial score (nSPS) is 16.5. The van der Waals surface area contributed by atoms with Gasteiger partial charge in [-0.2, -0.15) is 5.26 Å². The Balaban J connectivity index is 1.90. The standard InChI is InChI=1S/C14H16BrNO/c15-14-8-13(7-6-12(14)9-16)17-10-11-4-2-1-3-5-11/h6-8,11H,1-5,10H2. The van der Waals surface area contributed by atoms with Crippen LogP contribution in [0.15, 0.2) is 22.7 Å². The molecular formula is C14H16BrNO. The van der Waals surface area contributed by atoms with Crippen molar-refractivity contribution in [3.05, 3.63) is 28.2 Å². The summed E-state index contributed by atoms with van der Waals surface area (Å²) in [7, 11) is 0. The first-order chi connectivity index (χ1) is 8.29. The number of ether oxygens (including phenoxy) is 1. The van der Waals surface area contributed by atoms with Crippen LogP contribution in [-0.2, 0) is 0 Å². The van der Waals surface area contributed by atoms with Gasteiger partial charge in [-0.25, -0.2) is 0 Å². The van der Waals surface area contributed by atoms with Gasteiger partial charge in [-0.3, -0.25) is 0 Å². The summed E-state index contributed by atoms with van der Waals surface area (Å²) in [6.45, 7) is 0.804. The smallest absolute Gasteiger partial charge is 0.120 e. The van der Waals surface area contributed by atoms with Crippen LogP contribution in [0.2, 0.25) is 0 Å². The van der Waals surface area contributed by atoms with Gasteiger partial charge in [-0.15, -0.1) is 0 Å². The number of nitrogens with zero attached hydrogens (tertiary/aromatic N) is 1. The van der Waals surface area contributed by atoms with Crippen molar-refractivity contribution < 1.29 is 4.74 Å². The first kappa shape index (κ1) is 12.4. The first-order valence-electron chi connectivity index (χ1n) is 6.12. The molecule has 0 bridgehead atoms. The quantitative estimate of drug-likeness (QED) is 0.833. The number of hydrogen-bond donors (Lipinski definition) is 0. The molecule has 0 amide bonds. The van der Waals surface area contributed by atoms with Crippen molar-refractivity contribution >= 4 is 15.9 Å². The second kappa shape index (κ2) is 6.07. The molecular weight excluding hydrogens is 278 g/mol. The number of hydrogen-bond acceptors (Lipinski definition) is 2. The predicted octanol–water partition coefficient (Wildman–Crippen LogP) is 4.28. The molecule has 0 spiro atoms. The van der Waals surface area contributed by atoms with Crippen LogP contribution < -0.4 is 4.74 Å². The van der Waals surface area contributed by atoms with Gasteiger partial charge in [-0.05, 0) is 52.9 Å². The molecule has 0 atom stereocenters. The molecule has 0 unspecified atom stereocenters. The maximum atomic E-state index is 8.82. The molecule has 2 rings (SSSR count). The van der Waals surface area contributed by atoms with E-state index in [4.69, 9.17) is 10.00 Å². The highest BCUT2D eigenvalue weighted by Gasteiger charge is 2.14. The van der Waals surface area contributed by atoms with Gasteiger partial charge >= 0.3 is 0 Å². The zero-order valence-corrected chi connectivity index (χ0v) is 11.4. The largest absolute Gasteiger partial charge is 0.493 e. The molecule has 0 radical (unpaired) electrons. The minimum atomic E-state index is 0.648. The molecule has 1 aromatic rings. The van der Waals surface area contributed by atoms with Gasteiger partial charge < -0.3 is 4.74 Å². The van der Waals surface area contributed by atoms with Crippen LogP contribution in [0.3, 0.4) is 0 Å². The molecule has 1 fully saturated rings. The van der Waals surface area contributed by atoms with E-state index in [1.807, 2.05) is 12.1 Å². The van der Waals surface area contributed by atoms with Gasteiger partial charge in [0.2, 0.25) is 0 Å². The lowest BCUT2D eigenvalue weighted by molar-refractivity contribution is 0.208. The molecule has 2 nitrogen and oxygen atoms in total. The third kappa shape index (κ3) is 3.47. The second-order valence-electron chi connectivity index (χ2n) is 4.57. The van der Waals surface area contributed by atoms with Gasteiger partial charge in [0.1, 0.15) is 11.8 Å². The van der Waals surface area contributed by atoms with Crippen LogP contribution in [0.25, 0.3) is 0 Å². The number of nitriles is 1. The van der Waals surface area contributed by atoms with Gasteiger partial charge in [0, 0.05) is 4.47 Å². The summed E-state index contributed by atoms with van der Waals surface area (Å²) in [6, 6.07) is 7.66. The Morgan fingerprint density at radius 1 is 1.29 bits per heavy atom. The van der Waals surface area contributed by atoms with Crippen molar-refractivity contribution in [1.82, 2.24) is 0 Å². The van der Waals surface area contributed by atoms with E-state index in [9.17, 15) is 0 Å². The van der Waals surface area contributed by atoms with E-state index in [0.717, 1.165) is 16.8 Å². The summed E-state index contributed by atoms with van der Waals surface area (Å²) >= 11 is 3.37. The molecule has 0 aromatic heterocycles. The molecule has 0 saturated heterocycles. The van der Waals surface area contributed by atoms with Crippen LogP contribution >= 0.6 is 15.9 Å². The van der Waals surface area contributed by atoms with Crippen molar-refractivity contribution in [1.29, 1.82) is 5.26 Å². The van der Waals surface area contributed by atoms with Gasteiger partial charge in [0.05, 0.1) is 12.2 Å². The maximum absolute atomic E-state index is 8.82. The maximum Gasteiger partial charge on any atom is 0.120 e. The molecule has 17 heavy (non-hydrogen) atoms. The first-order valence-corrected chi connectivity index (χ1v) is 6.91. The van der Waals surface area contributed by atoms with Crippen LogP contribution in [0.4, 0.5) is 0 Å². The predicted molar refractivity (Wildman–Crippen MR) is 70.9 cm³/mol. The molecule has 3 heteroatoms. The van der Waals surface area contributed by atoms with E-state index in [-0.39, 0.29) is 0 Å². The Labute approximate surface area is 111 Å². The second-order valence-corrected chi connectivity index (χ2v) is 5.42. The van der Waals surface area contributed by atoms with Crippen LogP contribution in [0.5, 0.6) is 5.75 Å². The fourth-order valence-electron chi connectivity index (χ4n) is 2.24. The van der Waals surface area contributed by atoms with E-state index >= 15 is 0 Å². The molecule has 0 aliphatic heterocycles. The topological polar surface area (TPSA) is 33.0 Å². The number of halogens is 1. The third-order valence-electron chi connectivity index (χ3n) is 3.27. The molecule has 90 valence electrons. The van der Waals surface area contributed by atoms with E-state index in [0.29, 0.717) is 11.5 Å². The summed E-state index contributed by atoms with van der Waals surface area (Å²) < 4.78 is 6.59. The number of rotatable bonds is 3. The lowest BCUT2D eigenvalue weighted by Crippen LogP contribution is -2.15. The highest BCUT2D eigenvalue weighted by atomic mass is 79.9. The Morgan fingerprint density at radius 2 is 2.06 bits per heavy atom. The Kier molecular flexibility index (Phi) is 4.44. The summed E-state index contributed by atoms with van der Waals surface area (Å²) in [5, 5.41) is 8.82. The summed E-state index contributed by atoms with van der Waals surface area (Å²) in [5.41, 5.74) is 0.648. The van der Waals surface area contributed by atoms with E-state index < -0.39 is 0 Å². The molecule has 1 aliphatic rings. The van der Waals surface area contributed by atoms with Gasteiger partial charge in [-0.1, -0.05) is 19.3 Å². The molecule has 1 aliphatic carbocycles. The van der Waals surface area contributed by atoms with E-state index in [1.54, 1.807) is 6.07 Å². The van der Waals surface area contributed by atoms with Crippen LogP contribution in [0, 0.1) is 17.2 Å². The SMILES string of the molecule is N#Cc1ccc(OCC2CCCCC2)cc1Br. The zero-order chi connectivity index (χ0) is 12.1. The van der Waals surface area contributed by atoms with E-state index in [1.165, 1.54) is 32.1 Å². The monoisotopic (exact) mass is 293 g/mol.